The predicted octanol–water partition coefficient (Wildman–Crippen LogP) is 0.258. The first kappa shape index (κ1) is 12.8. The van der Waals surface area contributed by atoms with Gasteiger partial charge >= 0.3 is 5.97 Å². The number of hydrazine groups is 1. The number of hydrogen-bond donors (Lipinski definition) is 2. The van der Waals surface area contributed by atoms with Crippen LogP contribution in [-0.2, 0) is 16.0 Å². The zero-order valence-corrected chi connectivity index (χ0v) is 9.12. The number of esters is 1. The Morgan fingerprint density at radius 1 is 1.53 bits per heavy atom. The molecule has 0 saturated carbocycles. The molecular formula is C10H12N2O5. The molecule has 1 aromatic carbocycles. The molecule has 0 aliphatic heterocycles. The number of hydrogen-bond acceptors (Lipinski definition) is 5. The molecule has 0 heterocycles. The standard InChI is InChI=1S/C10H12N2O5/c1-17-10(14)9(11-12(15)16)6-7-2-4-8(13)5-3-7/h2-5,9,11,13H,6H2,1H3. The van der Waals surface area contributed by atoms with Crippen molar-refractivity contribution in [2.75, 3.05) is 7.11 Å². The second kappa shape index (κ2) is 5.69. The van der Waals surface area contributed by atoms with E-state index in [-0.39, 0.29) is 12.2 Å². The fourth-order valence-electron chi connectivity index (χ4n) is 1.32. The summed E-state index contributed by atoms with van der Waals surface area (Å²) in [6.07, 6.45) is 0.105. The topological polar surface area (TPSA) is 102 Å². The lowest BCUT2D eigenvalue weighted by Crippen LogP contribution is -2.42. The summed E-state index contributed by atoms with van der Waals surface area (Å²) in [4.78, 5) is 21.6. The van der Waals surface area contributed by atoms with Crippen molar-refractivity contribution in [3.05, 3.63) is 39.9 Å². The maximum absolute atomic E-state index is 11.3. The Bertz CT molecular complexity index is 404. The highest BCUT2D eigenvalue weighted by atomic mass is 16.7. The van der Waals surface area contributed by atoms with E-state index < -0.39 is 17.0 Å². The van der Waals surface area contributed by atoms with Gasteiger partial charge in [0.1, 0.15) is 5.75 Å². The van der Waals surface area contributed by atoms with Crippen LogP contribution in [0.25, 0.3) is 0 Å². The average molecular weight is 240 g/mol. The van der Waals surface area contributed by atoms with E-state index in [0.717, 1.165) is 7.11 Å². The maximum atomic E-state index is 11.3. The number of ether oxygens (including phenoxy) is 1. The van der Waals surface area contributed by atoms with E-state index in [4.69, 9.17) is 5.11 Å². The van der Waals surface area contributed by atoms with E-state index in [9.17, 15) is 14.9 Å². The van der Waals surface area contributed by atoms with Crippen LogP contribution >= 0.6 is 0 Å². The highest BCUT2D eigenvalue weighted by Crippen LogP contribution is 2.11. The first-order valence-electron chi connectivity index (χ1n) is 4.79. The number of rotatable bonds is 5. The van der Waals surface area contributed by atoms with Crippen molar-refractivity contribution in [2.24, 2.45) is 0 Å². The van der Waals surface area contributed by atoms with E-state index in [0.29, 0.717) is 5.56 Å². The Morgan fingerprint density at radius 3 is 2.59 bits per heavy atom. The molecule has 1 aromatic rings. The van der Waals surface area contributed by atoms with Gasteiger partial charge in [0.15, 0.2) is 11.1 Å². The number of carbonyl (C=O) groups is 1. The number of nitrogens with one attached hydrogen (secondary N) is 1. The lowest BCUT2D eigenvalue weighted by molar-refractivity contribution is -0.548. The molecule has 0 fully saturated rings. The monoisotopic (exact) mass is 240 g/mol. The van der Waals surface area contributed by atoms with Crippen molar-refractivity contribution in [1.29, 1.82) is 0 Å². The van der Waals surface area contributed by atoms with Crippen LogP contribution < -0.4 is 5.43 Å². The van der Waals surface area contributed by atoms with Crippen LogP contribution in [0.1, 0.15) is 5.56 Å². The van der Waals surface area contributed by atoms with Gasteiger partial charge in [0.2, 0.25) is 0 Å². The van der Waals surface area contributed by atoms with Crippen molar-refractivity contribution in [1.82, 2.24) is 5.43 Å². The van der Waals surface area contributed by atoms with Crippen molar-refractivity contribution >= 4 is 5.97 Å². The number of nitro groups is 1. The first-order valence-corrected chi connectivity index (χ1v) is 4.79. The van der Waals surface area contributed by atoms with Gasteiger partial charge in [-0.05, 0) is 17.7 Å². The lowest BCUT2D eigenvalue weighted by Gasteiger charge is -2.11. The Kier molecular flexibility index (Phi) is 4.27. The minimum atomic E-state index is -1.06. The third kappa shape index (κ3) is 3.98. The molecule has 0 radical (unpaired) electrons. The zero-order chi connectivity index (χ0) is 12.8. The van der Waals surface area contributed by atoms with Crippen molar-refractivity contribution < 1.29 is 19.7 Å². The Labute approximate surface area is 97.1 Å². The van der Waals surface area contributed by atoms with E-state index in [2.05, 4.69) is 4.74 Å². The SMILES string of the molecule is COC(=O)C(Cc1ccc(O)cc1)N[N+](=O)[O-]. The van der Waals surface area contributed by atoms with Gasteiger partial charge < -0.3 is 9.84 Å². The maximum Gasteiger partial charge on any atom is 0.334 e. The summed E-state index contributed by atoms with van der Waals surface area (Å²) < 4.78 is 4.45. The van der Waals surface area contributed by atoms with Gasteiger partial charge in [0.25, 0.3) is 0 Å². The highest BCUT2D eigenvalue weighted by molar-refractivity contribution is 5.75. The highest BCUT2D eigenvalue weighted by Gasteiger charge is 2.23. The molecule has 0 aliphatic carbocycles. The number of aromatic hydroxyl groups is 1. The molecule has 0 spiro atoms. The summed E-state index contributed by atoms with van der Waals surface area (Å²) in [5, 5.41) is 18.6. The molecule has 0 amide bonds. The molecule has 0 aliphatic rings. The van der Waals surface area contributed by atoms with Gasteiger partial charge in [-0.3, -0.25) is 0 Å². The summed E-state index contributed by atoms with van der Waals surface area (Å²) in [6, 6.07) is 4.98. The van der Waals surface area contributed by atoms with Gasteiger partial charge in [0, 0.05) is 6.42 Å². The van der Waals surface area contributed by atoms with Crippen LogP contribution in [0.4, 0.5) is 0 Å². The lowest BCUT2D eigenvalue weighted by atomic mass is 10.1. The minimum Gasteiger partial charge on any atom is -0.508 e. The normalized spacial score (nSPS) is 11.6. The second-order valence-corrected chi connectivity index (χ2v) is 3.33. The Morgan fingerprint density at radius 2 is 2.12 bits per heavy atom. The van der Waals surface area contributed by atoms with Gasteiger partial charge in [-0.15, -0.1) is 5.43 Å². The van der Waals surface area contributed by atoms with E-state index in [1.165, 1.54) is 12.1 Å². The van der Waals surface area contributed by atoms with E-state index in [1.54, 1.807) is 12.1 Å². The van der Waals surface area contributed by atoms with Gasteiger partial charge in [0.05, 0.1) is 7.11 Å². The van der Waals surface area contributed by atoms with E-state index in [1.807, 2.05) is 5.43 Å². The molecule has 7 nitrogen and oxygen atoms in total. The van der Waals surface area contributed by atoms with Gasteiger partial charge in [-0.1, -0.05) is 12.1 Å². The fourth-order valence-corrected chi connectivity index (χ4v) is 1.32. The van der Waals surface area contributed by atoms with Crippen molar-refractivity contribution in [3.63, 3.8) is 0 Å². The number of phenolic OH excluding ortho intramolecular Hbond substituents is 1. The molecule has 7 heteroatoms. The third-order valence-electron chi connectivity index (χ3n) is 2.12. The summed E-state index contributed by atoms with van der Waals surface area (Å²) in [6.45, 7) is 0. The molecule has 2 N–H and O–H groups in total. The molecule has 1 atom stereocenters. The third-order valence-corrected chi connectivity index (χ3v) is 2.12. The fraction of sp³-hybridized carbons (Fsp3) is 0.300. The molecule has 0 aromatic heterocycles. The van der Waals surface area contributed by atoms with Crippen LogP contribution in [0.3, 0.4) is 0 Å². The number of benzene rings is 1. The summed E-state index contributed by atoms with van der Waals surface area (Å²) in [5.74, 6) is -0.625. The summed E-state index contributed by atoms with van der Waals surface area (Å²) in [7, 11) is 1.16. The van der Waals surface area contributed by atoms with Gasteiger partial charge in [-0.25, -0.2) is 14.9 Å². The smallest absolute Gasteiger partial charge is 0.334 e. The molecule has 1 rings (SSSR count). The van der Waals surface area contributed by atoms with Crippen LogP contribution in [0.15, 0.2) is 24.3 Å². The summed E-state index contributed by atoms with van der Waals surface area (Å²) >= 11 is 0. The molecular weight excluding hydrogens is 228 g/mol. The zero-order valence-electron chi connectivity index (χ0n) is 9.12. The number of phenols is 1. The molecule has 0 bridgehead atoms. The van der Waals surface area contributed by atoms with Crippen LogP contribution in [0, 0.1) is 10.1 Å². The second-order valence-electron chi connectivity index (χ2n) is 3.33. The minimum absolute atomic E-state index is 0.0885. The molecule has 92 valence electrons. The van der Waals surface area contributed by atoms with Crippen LogP contribution in [-0.4, -0.2) is 29.3 Å². The van der Waals surface area contributed by atoms with Crippen LogP contribution in [0.2, 0.25) is 0 Å². The largest absolute Gasteiger partial charge is 0.508 e. The summed E-state index contributed by atoms with van der Waals surface area (Å²) in [5.41, 5.74) is 2.55. The Balaban J connectivity index is 2.75. The van der Waals surface area contributed by atoms with Crippen molar-refractivity contribution in [2.45, 2.75) is 12.5 Å². The first-order chi connectivity index (χ1) is 8.02. The molecule has 1 unspecified atom stereocenters. The Hall–Kier alpha value is -2.31. The average Bonchev–Trinajstić information content (AvgIpc) is 2.29. The van der Waals surface area contributed by atoms with Gasteiger partial charge in [-0.2, -0.15) is 0 Å². The number of carbonyl (C=O) groups excluding carboxylic acids is 1. The number of nitrogens with zero attached hydrogens (tertiary/aromatic N) is 1. The van der Waals surface area contributed by atoms with E-state index >= 15 is 0 Å². The molecule has 17 heavy (non-hydrogen) atoms. The van der Waals surface area contributed by atoms with Crippen LogP contribution in [0.5, 0.6) is 5.75 Å². The van der Waals surface area contributed by atoms with Crippen molar-refractivity contribution in [3.8, 4) is 5.75 Å². The molecule has 0 saturated heterocycles. The quantitative estimate of drug-likeness (QED) is 0.435. The predicted molar refractivity (Wildman–Crippen MR) is 57.7 cm³/mol. The number of methoxy groups -OCH3 is 1.